The second-order valence-corrected chi connectivity index (χ2v) is 5.57. The number of rotatable bonds is 3. The van der Waals surface area contributed by atoms with E-state index in [1.54, 1.807) is 11.3 Å². The highest BCUT2D eigenvalue weighted by molar-refractivity contribution is 7.09. The Morgan fingerprint density at radius 1 is 1.26 bits per heavy atom. The van der Waals surface area contributed by atoms with Gasteiger partial charge in [0.15, 0.2) is 0 Å². The van der Waals surface area contributed by atoms with Gasteiger partial charge in [-0.2, -0.15) is 0 Å². The Morgan fingerprint density at radius 3 is 2.74 bits per heavy atom. The molecule has 5 heteroatoms. The molecule has 1 unspecified atom stereocenters. The Kier molecular flexibility index (Phi) is 2.98. The van der Waals surface area contributed by atoms with Crippen LogP contribution >= 0.6 is 11.3 Å². The van der Waals surface area contributed by atoms with Crippen LogP contribution in [-0.2, 0) is 7.05 Å². The third-order valence-corrected chi connectivity index (χ3v) is 4.29. The van der Waals surface area contributed by atoms with Gasteiger partial charge in [-0.05, 0) is 26.0 Å². The van der Waals surface area contributed by atoms with Crippen LogP contribution in [0.15, 0.2) is 29.6 Å². The molecule has 0 aliphatic heterocycles. The lowest BCUT2D eigenvalue weighted by Crippen LogP contribution is -2.10. The van der Waals surface area contributed by atoms with Crippen molar-refractivity contribution in [3.05, 3.63) is 40.3 Å². The summed E-state index contributed by atoms with van der Waals surface area (Å²) in [5.41, 5.74) is 3.21. The lowest BCUT2D eigenvalue weighted by atomic mass is 10.3. The molecular formula is C14H16N4S. The third kappa shape index (κ3) is 2.21. The molecule has 2 aromatic heterocycles. The van der Waals surface area contributed by atoms with Gasteiger partial charge in [-0.1, -0.05) is 12.1 Å². The summed E-state index contributed by atoms with van der Waals surface area (Å²) in [5.74, 6) is 0.876. The summed E-state index contributed by atoms with van der Waals surface area (Å²) in [5, 5.41) is 6.59. The average Bonchev–Trinajstić information content (AvgIpc) is 2.96. The van der Waals surface area contributed by atoms with Crippen molar-refractivity contribution in [3.8, 4) is 0 Å². The lowest BCUT2D eigenvalue weighted by Gasteiger charge is -2.11. The largest absolute Gasteiger partial charge is 0.347 e. The number of nitrogens with one attached hydrogen (secondary N) is 1. The predicted octanol–water partition coefficient (Wildman–Crippen LogP) is 3.51. The number of thiazole rings is 1. The fourth-order valence-corrected chi connectivity index (χ4v) is 2.90. The van der Waals surface area contributed by atoms with Gasteiger partial charge in [-0.15, -0.1) is 11.3 Å². The van der Waals surface area contributed by atoms with E-state index in [1.807, 2.05) is 32.2 Å². The molecule has 0 saturated carbocycles. The number of imidazole rings is 1. The van der Waals surface area contributed by atoms with Crippen LogP contribution in [0, 0.1) is 6.92 Å². The summed E-state index contributed by atoms with van der Waals surface area (Å²) in [6.45, 7) is 4.12. The van der Waals surface area contributed by atoms with Crippen LogP contribution in [0.5, 0.6) is 0 Å². The molecule has 0 amide bonds. The summed E-state index contributed by atoms with van der Waals surface area (Å²) in [4.78, 5) is 9.12. The molecule has 0 aliphatic rings. The first-order valence-electron chi connectivity index (χ1n) is 6.25. The van der Waals surface area contributed by atoms with Crippen molar-refractivity contribution in [3.63, 3.8) is 0 Å². The molecule has 0 spiro atoms. The topological polar surface area (TPSA) is 42.7 Å². The van der Waals surface area contributed by atoms with E-state index < -0.39 is 0 Å². The van der Waals surface area contributed by atoms with Crippen LogP contribution < -0.4 is 5.32 Å². The van der Waals surface area contributed by atoms with Gasteiger partial charge in [0.2, 0.25) is 5.95 Å². The first kappa shape index (κ1) is 12.2. The number of aryl methyl sites for hydroxylation is 2. The van der Waals surface area contributed by atoms with Gasteiger partial charge in [-0.25, -0.2) is 9.97 Å². The van der Waals surface area contributed by atoms with E-state index in [1.165, 1.54) is 0 Å². The summed E-state index contributed by atoms with van der Waals surface area (Å²) < 4.78 is 2.08. The monoisotopic (exact) mass is 272 g/mol. The standard InChI is InChI=1S/C14H16N4S/c1-9-8-19-13(15-9)10(2)16-14-17-11-6-4-5-7-12(11)18(14)3/h4-8,10H,1-3H3,(H,16,17). The molecule has 0 bridgehead atoms. The number of anilines is 1. The average molecular weight is 272 g/mol. The fraction of sp³-hybridized carbons (Fsp3) is 0.286. The molecular weight excluding hydrogens is 256 g/mol. The number of nitrogens with zero attached hydrogens (tertiary/aromatic N) is 3. The number of hydrogen-bond donors (Lipinski definition) is 1. The molecule has 1 aromatic carbocycles. The summed E-state index contributed by atoms with van der Waals surface area (Å²) in [6.07, 6.45) is 0. The highest BCUT2D eigenvalue weighted by atomic mass is 32.1. The summed E-state index contributed by atoms with van der Waals surface area (Å²) in [7, 11) is 2.03. The molecule has 3 aromatic rings. The smallest absolute Gasteiger partial charge is 0.204 e. The van der Waals surface area contributed by atoms with E-state index in [4.69, 9.17) is 0 Å². The molecule has 98 valence electrons. The van der Waals surface area contributed by atoms with E-state index in [0.29, 0.717) is 0 Å². The van der Waals surface area contributed by atoms with Crippen LogP contribution in [-0.4, -0.2) is 14.5 Å². The van der Waals surface area contributed by atoms with E-state index in [2.05, 4.69) is 38.2 Å². The third-order valence-electron chi connectivity index (χ3n) is 3.14. The lowest BCUT2D eigenvalue weighted by molar-refractivity contribution is 0.820. The minimum absolute atomic E-state index is 0.161. The molecule has 0 radical (unpaired) electrons. The minimum Gasteiger partial charge on any atom is -0.347 e. The van der Waals surface area contributed by atoms with Crippen molar-refractivity contribution in [2.24, 2.45) is 7.05 Å². The molecule has 1 atom stereocenters. The Bertz CT molecular complexity index is 713. The first-order chi connectivity index (χ1) is 9.15. The molecule has 4 nitrogen and oxygen atoms in total. The normalized spacial score (nSPS) is 12.8. The second kappa shape index (κ2) is 4.66. The Morgan fingerprint density at radius 2 is 2.05 bits per heavy atom. The second-order valence-electron chi connectivity index (χ2n) is 4.68. The summed E-state index contributed by atoms with van der Waals surface area (Å²) in [6, 6.07) is 8.30. The molecule has 2 heterocycles. The van der Waals surface area contributed by atoms with Crippen LogP contribution in [0.2, 0.25) is 0 Å². The zero-order valence-corrected chi connectivity index (χ0v) is 12.0. The van der Waals surface area contributed by atoms with Crippen molar-refractivity contribution in [2.45, 2.75) is 19.9 Å². The molecule has 0 fully saturated rings. The van der Waals surface area contributed by atoms with Crippen molar-refractivity contribution in [1.29, 1.82) is 0 Å². The Balaban J connectivity index is 1.91. The quantitative estimate of drug-likeness (QED) is 0.793. The maximum Gasteiger partial charge on any atom is 0.204 e. The minimum atomic E-state index is 0.161. The van der Waals surface area contributed by atoms with Crippen molar-refractivity contribution >= 4 is 28.3 Å². The SMILES string of the molecule is Cc1csc(C(C)Nc2nc3ccccc3n2C)n1. The molecule has 0 aliphatic carbocycles. The van der Waals surface area contributed by atoms with Gasteiger partial charge in [0.25, 0.3) is 0 Å². The zero-order valence-electron chi connectivity index (χ0n) is 11.2. The van der Waals surface area contributed by atoms with E-state index in [9.17, 15) is 0 Å². The zero-order chi connectivity index (χ0) is 13.4. The Hall–Kier alpha value is -1.88. The van der Waals surface area contributed by atoms with Gasteiger partial charge in [-0.3, -0.25) is 0 Å². The number of hydrogen-bond acceptors (Lipinski definition) is 4. The number of aromatic nitrogens is 3. The van der Waals surface area contributed by atoms with Gasteiger partial charge < -0.3 is 9.88 Å². The highest BCUT2D eigenvalue weighted by Crippen LogP contribution is 2.24. The van der Waals surface area contributed by atoms with Crippen LogP contribution in [0.4, 0.5) is 5.95 Å². The molecule has 0 saturated heterocycles. The van der Waals surface area contributed by atoms with Crippen molar-refractivity contribution in [1.82, 2.24) is 14.5 Å². The molecule has 1 N–H and O–H groups in total. The maximum atomic E-state index is 4.61. The number of benzene rings is 1. The van der Waals surface area contributed by atoms with Crippen LogP contribution in [0.1, 0.15) is 23.7 Å². The number of para-hydroxylation sites is 2. The van der Waals surface area contributed by atoms with Gasteiger partial charge in [0.1, 0.15) is 5.01 Å². The van der Waals surface area contributed by atoms with Crippen molar-refractivity contribution in [2.75, 3.05) is 5.32 Å². The fourth-order valence-electron chi connectivity index (χ4n) is 2.10. The van der Waals surface area contributed by atoms with Gasteiger partial charge >= 0.3 is 0 Å². The highest BCUT2D eigenvalue weighted by Gasteiger charge is 2.13. The van der Waals surface area contributed by atoms with Gasteiger partial charge in [0, 0.05) is 18.1 Å². The van der Waals surface area contributed by atoms with Crippen LogP contribution in [0.25, 0.3) is 11.0 Å². The molecule has 3 rings (SSSR count). The maximum absolute atomic E-state index is 4.61. The summed E-state index contributed by atoms with van der Waals surface area (Å²) >= 11 is 1.68. The van der Waals surface area contributed by atoms with E-state index >= 15 is 0 Å². The Labute approximate surface area is 116 Å². The molecule has 19 heavy (non-hydrogen) atoms. The number of fused-ring (bicyclic) bond motifs is 1. The van der Waals surface area contributed by atoms with E-state index in [0.717, 1.165) is 27.7 Å². The van der Waals surface area contributed by atoms with Crippen molar-refractivity contribution < 1.29 is 0 Å². The van der Waals surface area contributed by atoms with E-state index in [-0.39, 0.29) is 6.04 Å². The van der Waals surface area contributed by atoms with Crippen LogP contribution in [0.3, 0.4) is 0 Å². The predicted molar refractivity (Wildman–Crippen MR) is 79.6 cm³/mol. The van der Waals surface area contributed by atoms with Gasteiger partial charge in [0.05, 0.1) is 17.1 Å². The first-order valence-corrected chi connectivity index (χ1v) is 7.13.